The van der Waals surface area contributed by atoms with Crippen molar-refractivity contribution in [3.8, 4) is 0 Å². The number of aromatic nitrogens is 4. The van der Waals surface area contributed by atoms with Gasteiger partial charge in [-0.25, -0.2) is 9.97 Å². The first kappa shape index (κ1) is 14.6. The number of hydrogen-bond acceptors (Lipinski definition) is 5. The fourth-order valence-corrected chi connectivity index (χ4v) is 2.28. The van der Waals surface area contributed by atoms with Crippen LogP contribution in [0.4, 0.5) is 5.82 Å². The van der Waals surface area contributed by atoms with Gasteiger partial charge in [0, 0.05) is 12.5 Å². The van der Waals surface area contributed by atoms with E-state index < -0.39 is 0 Å². The van der Waals surface area contributed by atoms with Crippen LogP contribution in [0.15, 0.2) is 29.0 Å². The molecule has 0 amide bonds. The van der Waals surface area contributed by atoms with Crippen LogP contribution < -0.4 is 5.32 Å². The molecule has 116 valence electrons. The Morgan fingerprint density at radius 2 is 2.05 bits per heavy atom. The van der Waals surface area contributed by atoms with Crippen molar-refractivity contribution in [3.05, 3.63) is 36.2 Å². The van der Waals surface area contributed by atoms with E-state index in [0.717, 1.165) is 28.4 Å². The second kappa shape index (κ2) is 5.12. The number of furan rings is 1. The molecule has 0 bridgehead atoms. The molecule has 1 N–H and O–H groups in total. The van der Waals surface area contributed by atoms with Crippen LogP contribution in [-0.2, 0) is 12.5 Å². The quantitative estimate of drug-likeness (QED) is 0.802. The summed E-state index contributed by atoms with van der Waals surface area (Å²) >= 11 is 0. The van der Waals surface area contributed by atoms with Gasteiger partial charge in [-0.05, 0) is 19.1 Å². The predicted molar refractivity (Wildman–Crippen MR) is 85.7 cm³/mol. The standard InChI is InChI=1S/C16H21N5O/c1-10(12-7-6-8-22-12)18-13-11-9-17-21(5)14(11)20-15(19-13)16(2,3)4/h6-10H,1-5H3,(H,18,19,20). The average molecular weight is 299 g/mol. The van der Waals surface area contributed by atoms with Gasteiger partial charge in [-0.3, -0.25) is 4.68 Å². The van der Waals surface area contributed by atoms with Crippen molar-refractivity contribution in [2.75, 3.05) is 5.32 Å². The molecule has 0 aromatic carbocycles. The van der Waals surface area contributed by atoms with Gasteiger partial charge < -0.3 is 9.73 Å². The fraction of sp³-hybridized carbons (Fsp3) is 0.438. The summed E-state index contributed by atoms with van der Waals surface area (Å²) in [7, 11) is 1.89. The summed E-state index contributed by atoms with van der Waals surface area (Å²) in [6.07, 6.45) is 3.46. The highest BCUT2D eigenvalue weighted by molar-refractivity contribution is 5.86. The fourth-order valence-electron chi connectivity index (χ4n) is 2.28. The topological polar surface area (TPSA) is 68.8 Å². The lowest BCUT2D eigenvalue weighted by atomic mass is 9.95. The van der Waals surface area contributed by atoms with E-state index in [2.05, 4.69) is 36.2 Å². The van der Waals surface area contributed by atoms with E-state index >= 15 is 0 Å². The van der Waals surface area contributed by atoms with Crippen LogP contribution in [0.2, 0.25) is 0 Å². The number of anilines is 1. The van der Waals surface area contributed by atoms with Crippen LogP contribution in [0.5, 0.6) is 0 Å². The van der Waals surface area contributed by atoms with E-state index in [1.54, 1.807) is 17.1 Å². The maximum Gasteiger partial charge on any atom is 0.163 e. The number of fused-ring (bicyclic) bond motifs is 1. The molecule has 0 aliphatic rings. The molecule has 0 radical (unpaired) electrons. The molecule has 3 rings (SSSR count). The summed E-state index contributed by atoms with van der Waals surface area (Å²) in [4.78, 5) is 9.38. The van der Waals surface area contributed by atoms with Crippen LogP contribution in [-0.4, -0.2) is 19.7 Å². The van der Waals surface area contributed by atoms with Crippen molar-refractivity contribution in [2.24, 2.45) is 7.05 Å². The minimum Gasteiger partial charge on any atom is -0.467 e. The number of nitrogens with zero attached hydrogens (tertiary/aromatic N) is 4. The van der Waals surface area contributed by atoms with Crippen molar-refractivity contribution < 1.29 is 4.42 Å². The van der Waals surface area contributed by atoms with E-state index in [9.17, 15) is 0 Å². The molecule has 0 spiro atoms. The number of aryl methyl sites for hydroxylation is 1. The highest BCUT2D eigenvalue weighted by Crippen LogP contribution is 2.28. The van der Waals surface area contributed by atoms with Crippen LogP contribution in [0.3, 0.4) is 0 Å². The SMILES string of the molecule is CC(Nc1nc(C(C)(C)C)nc2c1cnn2C)c1ccco1. The van der Waals surface area contributed by atoms with Crippen LogP contribution >= 0.6 is 0 Å². The van der Waals surface area contributed by atoms with E-state index in [4.69, 9.17) is 9.40 Å². The molecule has 0 saturated heterocycles. The minimum absolute atomic E-state index is 0.0149. The normalized spacial score (nSPS) is 13.5. The molecule has 0 fully saturated rings. The average Bonchev–Trinajstić information content (AvgIpc) is 3.08. The first-order valence-electron chi connectivity index (χ1n) is 7.36. The molecule has 3 heterocycles. The molecule has 1 atom stereocenters. The van der Waals surface area contributed by atoms with E-state index in [1.807, 2.05) is 26.1 Å². The Hall–Kier alpha value is -2.37. The van der Waals surface area contributed by atoms with Gasteiger partial charge in [0.2, 0.25) is 0 Å². The molecule has 0 saturated carbocycles. The third-order valence-corrected chi connectivity index (χ3v) is 3.59. The molecule has 3 aromatic rings. The lowest BCUT2D eigenvalue weighted by Gasteiger charge is -2.19. The zero-order valence-electron chi connectivity index (χ0n) is 13.6. The summed E-state index contributed by atoms with van der Waals surface area (Å²) in [6, 6.07) is 3.85. The molecular formula is C16H21N5O. The Morgan fingerprint density at radius 1 is 1.27 bits per heavy atom. The van der Waals surface area contributed by atoms with Crippen molar-refractivity contribution >= 4 is 16.9 Å². The number of rotatable bonds is 3. The highest BCUT2D eigenvalue weighted by Gasteiger charge is 2.22. The van der Waals surface area contributed by atoms with Gasteiger partial charge in [0.25, 0.3) is 0 Å². The van der Waals surface area contributed by atoms with Gasteiger partial charge in [-0.1, -0.05) is 20.8 Å². The summed E-state index contributed by atoms with van der Waals surface area (Å²) in [6.45, 7) is 8.35. The summed E-state index contributed by atoms with van der Waals surface area (Å²) < 4.78 is 7.23. The Kier molecular flexibility index (Phi) is 3.39. The molecule has 1 unspecified atom stereocenters. The summed E-state index contributed by atoms with van der Waals surface area (Å²) in [5, 5.41) is 8.63. The second-order valence-electron chi connectivity index (χ2n) is 6.53. The van der Waals surface area contributed by atoms with Gasteiger partial charge in [0.15, 0.2) is 5.65 Å². The third-order valence-electron chi connectivity index (χ3n) is 3.59. The monoisotopic (exact) mass is 299 g/mol. The molecular weight excluding hydrogens is 278 g/mol. The van der Waals surface area contributed by atoms with Crippen molar-refractivity contribution in [1.29, 1.82) is 0 Å². The molecule has 6 heteroatoms. The third kappa shape index (κ3) is 2.56. The first-order chi connectivity index (χ1) is 10.4. The smallest absolute Gasteiger partial charge is 0.163 e. The zero-order valence-corrected chi connectivity index (χ0v) is 13.6. The van der Waals surface area contributed by atoms with E-state index in [-0.39, 0.29) is 11.5 Å². The van der Waals surface area contributed by atoms with Crippen molar-refractivity contribution in [1.82, 2.24) is 19.7 Å². The largest absolute Gasteiger partial charge is 0.467 e. The van der Waals surface area contributed by atoms with Gasteiger partial charge in [0.05, 0.1) is 23.9 Å². The lowest BCUT2D eigenvalue weighted by molar-refractivity contribution is 0.489. The Morgan fingerprint density at radius 3 is 2.68 bits per heavy atom. The van der Waals surface area contributed by atoms with E-state index in [1.165, 1.54) is 0 Å². The van der Waals surface area contributed by atoms with Gasteiger partial charge in [0.1, 0.15) is 17.4 Å². The van der Waals surface area contributed by atoms with Crippen molar-refractivity contribution in [3.63, 3.8) is 0 Å². The van der Waals surface area contributed by atoms with Crippen LogP contribution in [0, 0.1) is 0 Å². The van der Waals surface area contributed by atoms with Gasteiger partial charge in [-0.2, -0.15) is 5.10 Å². The summed E-state index contributed by atoms with van der Waals surface area (Å²) in [5.74, 6) is 2.44. The predicted octanol–water partition coefficient (Wildman–Crippen LogP) is 3.43. The molecule has 22 heavy (non-hydrogen) atoms. The van der Waals surface area contributed by atoms with Crippen LogP contribution in [0.25, 0.3) is 11.0 Å². The molecule has 0 aliphatic heterocycles. The molecule has 3 aromatic heterocycles. The highest BCUT2D eigenvalue weighted by atomic mass is 16.3. The Balaban J connectivity index is 2.07. The molecule has 6 nitrogen and oxygen atoms in total. The maximum atomic E-state index is 5.46. The van der Waals surface area contributed by atoms with Crippen LogP contribution in [0.1, 0.15) is 45.3 Å². The summed E-state index contributed by atoms with van der Waals surface area (Å²) in [5.41, 5.74) is 0.692. The first-order valence-corrected chi connectivity index (χ1v) is 7.36. The number of nitrogens with one attached hydrogen (secondary N) is 1. The second-order valence-corrected chi connectivity index (χ2v) is 6.53. The zero-order chi connectivity index (χ0) is 15.9. The number of hydrogen-bond donors (Lipinski definition) is 1. The maximum absolute atomic E-state index is 5.46. The van der Waals surface area contributed by atoms with Gasteiger partial charge in [-0.15, -0.1) is 0 Å². The minimum atomic E-state index is -0.136. The Labute approximate surface area is 129 Å². The van der Waals surface area contributed by atoms with E-state index in [0.29, 0.717) is 0 Å². The van der Waals surface area contributed by atoms with Crippen molar-refractivity contribution in [2.45, 2.75) is 39.2 Å². The molecule has 0 aliphatic carbocycles. The lowest BCUT2D eigenvalue weighted by Crippen LogP contribution is -2.18. The Bertz CT molecular complexity index is 783. The van der Waals surface area contributed by atoms with Gasteiger partial charge >= 0.3 is 0 Å².